The molecule has 0 N–H and O–H groups in total. The van der Waals surface area contributed by atoms with Gasteiger partial charge in [0.1, 0.15) is 0 Å². The highest BCUT2D eigenvalue weighted by atomic mass is 16.5. The molecular formula is C23H21N3O4. The van der Waals surface area contributed by atoms with Gasteiger partial charge >= 0.3 is 0 Å². The molecule has 0 amide bonds. The summed E-state index contributed by atoms with van der Waals surface area (Å²) in [6, 6.07) is 13.0. The van der Waals surface area contributed by atoms with Crippen molar-refractivity contribution in [2.45, 2.75) is 6.42 Å². The molecule has 0 aliphatic carbocycles. The molecule has 7 heteroatoms. The fourth-order valence-corrected chi connectivity index (χ4v) is 3.34. The zero-order valence-corrected chi connectivity index (χ0v) is 17.0. The van der Waals surface area contributed by atoms with Crippen LogP contribution in [0.5, 0.6) is 17.2 Å². The molecule has 7 nitrogen and oxygen atoms in total. The first-order valence-electron chi connectivity index (χ1n) is 9.35. The van der Waals surface area contributed by atoms with E-state index in [0.29, 0.717) is 28.6 Å². The van der Waals surface area contributed by atoms with E-state index < -0.39 is 0 Å². The maximum Gasteiger partial charge on any atom is 0.234 e. The summed E-state index contributed by atoms with van der Waals surface area (Å²) in [5.74, 6) is 1.94. The zero-order chi connectivity index (χ0) is 21.1. The highest BCUT2D eigenvalue weighted by Gasteiger charge is 2.17. The summed E-state index contributed by atoms with van der Waals surface area (Å²) >= 11 is 0. The lowest BCUT2D eigenvalue weighted by Crippen LogP contribution is -2.06. The highest BCUT2D eigenvalue weighted by molar-refractivity contribution is 5.98. The van der Waals surface area contributed by atoms with Gasteiger partial charge in [0.05, 0.1) is 27.0 Å². The van der Waals surface area contributed by atoms with Crippen LogP contribution in [0.2, 0.25) is 0 Å². The third-order valence-electron chi connectivity index (χ3n) is 4.81. The van der Waals surface area contributed by atoms with E-state index in [1.165, 1.54) is 21.3 Å². The number of fused-ring (bicyclic) bond motifs is 1. The summed E-state index contributed by atoms with van der Waals surface area (Å²) in [4.78, 5) is 21.8. The van der Waals surface area contributed by atoms with Crippen molar-refractivity contribution in [3.05, 3.63) is 72.2 Å². The molecule has 2 aromatic heterocycles. The van der Waals surface area contributed by atoms with Crippen molar-refractivity contribution < 1.29 is 19.0 Å². The third-order valence-corrected chi connectivity index (χ3v) is 4.81. The maximum atomic E-state index is 13.0. The second-order valence-corrected chi connectivity index (χ2v) is 6.67. The first kappa shape index (κ1) is 19.4. The Balaban J connectivity index is 1.62. The van der Waals surface area contributed by atoms with Gasteiger partial charge in [0.15, 0.2) is 17.3 Å². The molecule has 0 atom stereocenters. The molecule has 0 radical (unpaired) electrons. The number of hydrogen-bond donors (Lipinski definition) is 0. The number of Topliss-reactive ketones (excluding diaryl/α,β-unsaturated/α-hetero) is 1. The number of carbonyl (C=O) groups is 1. The van der Waals surface area contributed by atoms with Gasteiger partial charge in [0, 0.05) is 36.1 Å². The van der Waals surface area contributed by atoms with Crippen molar-refractivity contribution in [1.82, 2.24) is 14.4 Å². The molecular weight excluding hydrogens is 382 g/mol. The van der Waals surface area contributed by atoms with Gasteiger partial charge in [-0.3, -0.25) is 9.20 Å². The molecule has 4 rings (SSSR count). The third kappa shape index (κ3) is 3.69. The minimum absolute atomic E-state index is 0.0527. The lowest BCUT2D eigenvalue weighted by molar-refractivity contribution is 0.0992. The Labute approximate surface area is 173 Å². The summed E-state index contributed by atoms with van der Waals surface area (Å²) in [5.41, 5.74) is 3.11. The molecule has 0 aliphatic rings. The Kier molecular flexibility index (Phi) is 5.34. The van der Waals surface area contributed by atoms with E-state index in [-0.39, 0.29) is 12.2 Å². The lowest BCUT2D eigenvalue weighted by atomic mass is 10.00. The normalized spacial score (nSPS) is 10.8. The SMILES string of the molecule is COc1cc(C(=O)Cc2cccc(-c3cn4cccnc4n3)c2)cc(OC)c1OC. The molecule has 2 heterocycles. The molecule has 2 aromatic carbocycles. The van der Waals surface area contributed by atoms with E-state index in [1.807, 2.05) is 47.1 Å². The van der Waals surface area contributed by atoms with Crippen LogP contribution in [0.4, 0.5) is 0 Å². The number of rotatable bonds is 7. The standard InChI is InChI=1S/C23H21N3O4/c1-28-20-12-17(13-21(29-2)22(20)30-3)19(27)11-15-6-4-7-16(10-15)18-14-26-9-5-8-24-23(26)25-18/h4-10,12-14H,11H2,1-3H3. The maximum absolute atomic E-state index is 13.0. The molecule has 30 heavy (non-hydrogen) atoms. The molecule has 4 aromatic rings. The van der Waals surface area contributed by atoms with Gasteiger partial charge in [-0.15, -0.1) is 0 Å². The average molecular weight is 403 g/mol. The van der Waals surface area contributed by atoms with E-state index in [4.69, 9.17) is 14.2 Å². The molecule has 152 valence electrons. The number of nitrogens with zero attached hydrogens (tertiary/aromatic N) is 3. The van der Waals surface area contributed by atoms with Crippen molar-refractivity contribution in [3.8, 4) is 28.5 Å². The fraction of sp³-hybridized carbons (Fsp3) is 0.174. The number of imidazole rings is 1. The van der Waals surface area contributed by atoms with Crippen molar-refractivity contribution in [2.24, 2.45) is 0 Å². The van der Waals surface area contributed by atoms with E-state index in [0.717, 1.165) is 16.8 Å². The zero-order valence-electron chi connectivity index (χ0n) is 17.0. The van der Waals surface area contributed by atoms with Crippen LogP contribution in [0.25, 0.3) is 17.0 Å². The van der Waals surface area contributed by atoms with Gasteiger partial charge in [-0.2, -0.15) is 0 Å². The second-order valence-electron chi connectivity index (χ2n) is 6.67. The summed E-state index contributed by atoms with van der Waals surface area (Å²) in [5, 5.41) is 0. The van der Waals surface area contributed by atoms with Crippen LogP contribution in [-0.2, 0) is 6.42 Å². The Bertz CT molecular complexity index is 1160. The number of methoxy groups -OCH3 is 3. The minimum Gasteiger partial charge on any atom is -0.493 e. The average Bonchev–Trinajstić information content (AvgIpc) is 3.22. The number of ketones is 1. The summed E-state index contributed by atoms with van der Waals surface area (Å²) in [6.07, 6.45) is 5.76. The van der Waals surface area contributed by atoms with E-state index >= 15 is 0 Å². The number of benzene rings is 2. The molecule has 0 unspecified atom stereocenters. The van der Waals surface area contributed by atoms with Gasteiger partial charge in [-0.05, 0) is 29.8 Å². The van der Waals surface area contributed by atoms with Gasteiger partial charge in [0.25, 0.3) is 0 Å². The van der Waals surface area contributed by atoms with Crippen LogP contribution in [0.1, 0.15) is 15.9 Å². The van der Waals surface area contributed by atoms with Gasteiger partial charge in [-0.25, -0.2) is 9.97 Å². The fourth-order valence-electron chi connectivity index (χ4n) is 3.34. The largest absolute Gasteiger partial charge is 0.493 e. The second kappa shape index (κ2) is 8.24. The van der Waals surface area contributed by atoms with Crippen LogP contribution in [0.3, 0.4) is 0 Å². The van der Waals surface area contributed by atoms with Crippen LogP contribution in [-0.4, -0.2) is 41.5 Å². The van der Waals surface area contributed by atoms with Crippen LogP contribution in [0, 0.1) is 0 Å². The Morgan fingerprint density at radius 1 is 1.00 bits per heavy atom. The first-order chi connectivity index (χ1) is 14.6. The van der Waals surface area contributed by atoms with Crippen molar-refractivity contribution in [3.63, 3.8) is 0 Å². The number of hydrogen-bond acceptors (Lipinski definition) is 6. The predicted octanol–water partition coefficient (Wildman–Crippen LogP) is 3.85. The van der Waals surface area contributed by atoms with Crippen LogP contribution >= 0.6 is 0 Å². The minimum atomic E-state index is -0.0527. The molecule has 0 fully saturated rings. The smallest absolute Gasteiger partial charge is 0.234 e. The molecule has 0 spiro atoms. The van der Waals surface area contributed by atoms with Crippen molar-refractivity contribution >= 4 is 11.6 Å². The topological polar surface area (TPSA) is 75.0 Å². The molecule has 0 aliphatic heterocycles. The monoisotopic (exact) mass is 403 g/mol. The summed E-state index contributed by atoms with van der Waals surface area (Å²) < 4.78 is 17.9. The van der Waals surface area contributed by atoms with Crippen molar-refractivity contribution in [1.29, 1.82) is 0 Å². The summed E-state index contributed by atoms with van der Waals surface area (Å²) in [7, 11) is 4.58. The lowest BCUT2D eigenvalue weighted by Gasteiger charge is -2.13. The van der Waals surface area contributed by atoms with Crippen LogP contribution in [0.15, 0.2) is 61.1 Å². The first-order valence-corrected chi connectivity index (χ1v) is 9.35. The quantitative estimate of drug-likeness (QED) is 0.437. The van der Waals surface area contributed by atoms with Gasteiger partial charge in [-0.1, -0.05) is 18.2 Å². The van der Waals surface area contributed by atoms with Gasteiger partial charge < -0.3 is 14.2 Å². The predicted molar refractivity (Wildman–Crippen MR) is 113 cm³/mol. The number of ether oxygens (including phenoxy) is 3. The highest BCUT2D eigenvalue weighted by Crippen LogP contribution is 2.38. The van der Waals surface area contributed by atoms with Crippen molar-refractivity contribution in [2.75, 3.05) is 21.3 Å². The molecule has 0 saturated heterocycles. The summed E-state index contributed by atoms with van der Waals surface area (Å²) in [6.45, 7) is 0. The molecule has 0 bridgehead atoms. The Morgan fingerprint density at radius 2 is 1.77 bits per heavy atom. The number of carbonyl (C=O) groups excluding carboxylic acids is 1. The van der Waals surface area contributed by atoms with E-state index in [2.05, 4.69) is 9.97 Å². The Morgan fingerprint density at radius 3 is 2.43 bits per heavy atom. The van der Waals surface area contributed by atoms with E-state index in [1.54, 1.807) is 18.3 Å². The van der Waals surface area contributed by atoms with Gasteiger partial charge in [0.2, 0.25) is 11.5 Å². The van der Waals surface area contributed by atoms with E-state index in [9.17, 15) is 4.79 Å². The number of aromatic nitrogens is 3. The Hall–Kier alpha value is -3.87. The molecule has 0 saturated carbocycles. The van der Waals surface area contributed by atoms with Crippen LogP contribution < -0.4 is 14.2 Å².